The summed E-state index contributed by atoms with van der Waals surface area (Å²) in [6.45, 7) is 1.62. The van der Waals surface area contributed by atoms with Gasteiger partial charge in [0, 0.05) is 25.6 Å². The predicted octanol–water partition coefficient (Wildman–Crippen LogP) is 1.60. The second kappa shape index (κ2) is 5.77. The summed E-state index contributed by atoms with van der Waals surface area (Å²) in [5.41, 5.74) is 6.12. The summed E-state index contributed by atoms with van der Waals surface area (Å²) in [6.07, 6.45) is 1.99. The minimum atomic E-state index is -0.850. The number of aromatic nitrogens is 3. The average molecular weight is 293 g/mol. The van der Waals surface area contributed by atoms with Crippen LogP contribution < -0.4 is 10.6 Å². The molecule has 0 radical (unpaired) electrons. The molecule has 1 aromatic carbocycles. The zero-order valence-electron chi connectivity index (χ0n) is 11.5. The topological polar surface area (TPSA) is 70.8 Å². The van der Waals surface area contributed by atoms with Crippen molar-refractivity contribution in [2.24, 2.45) is 5.73 Å². The molecule has 21 heavy (non-hydrogen) atoms. The van der Waals surface area contributed by atoms with Gasteiger partial charge in [-0.2, -0.15) is 4.98 Å². The van der Waals surface area contributed by atoms with Gasteiger partial charge in [-0.15, -0.1) is 5.10 Å². The number of H-pyrrole nitrogens is 1. The lowest BCUT2D eigenvalue weighted by Crippen LogP contribution is -2.40. The Kier molecular flexibility index (Phi) is 3.83. The summed E-state index contributed by atoms with van der Waals surface area (Å²) in [5, 5.41) is 6.93. The van der Waals surface area contributed by atoms with E-state index >= 15 is 0 Å². The van der Waals surface area contributed by atoms with E-state index in [0.29, 0.717) is 11.8 Å². The molecule has 1 fully saturated rings. The van der Waals surface area contributed by atoms with Crippen LogP contribution in [0.2, 0.25) is 0 Å². The highest BCUT2D eigenvalue weighted by atomic mass is 19.2. The van der Waals surface area contributed by atoms with Crippen molar-refractivity contribution >= 4 is 5.95 Å². The molecular weight excluding hydrogens is 276 g/mol. The molecule has 3 N–H and O–H groups in total. The highest BCUT2D eigenvalue weighted by Gasteiger charge is 2.20. The molecule has 0 unspecified atom stereocenters. The molecule has 0 saturated carbocycles. The van der Waals surface area contributed by atoms with Crippen LogP contribution in [0.15, 0.2) is 18.2 Å². The number of hydrogen-bond acceptors (Lipinski definition) is 4. The van der Waals surface area contributed by atoms with E-state index in [1.54, 1.807) is 6.07 Å². The van der Waals surface area contributed by atoms with Crippen LogP contribution >= 0.6 is 0 Å². The average Bonchev–Trinajstić information content (AvgIpc) is 2.93. The first-order chi connectivity index (χ1) is 10.1. The summed E-state index contributed by atoms with van der Waals surface area (Å²) in [7, 11) is 0. The molecule has 0 aliphatic carbocycles. The van der Waals surface area contributed by atoms with E-state index in [1.807, 2.05) is 4.90 Å². The monoisotopic (exact) mass is 293 g/mol. The van der Waals surface area contributed by atoms with Gasteiger partial charge >= 0.3 is 0 Å². The lowest BCUT2D eigenvalue weighted by Gasteiger charge is -2.28. The van der Waals surface area contributed by atoms with Crippen LogP contribution in [0.3, 0.4) is 0 Å². The molecule has 1 aromatic heterocycles. The van der Waals surface area contributed by atoms with E-state index in [1.165, 1.54) is 6.07 Å². The van der Waals surface area contributed by atoms with Gasteiger partial charge in [-0.3, -0.25) is 5.10 Å². The zero-order chi connectivity index (χ0) is 14.8. The Balaban J connectivity index is 1.72. The van der Waals surface area contributed by atoms with Crippen LogP contribution in [0.4, 0.5) is 14.7 Å². The van der Waals surface area contributed by atoms with Crippen LogP contribution in [0, 0.1) is 11.6 Å². The first kappa shape index (κ1) is 13.9. The molecule has 0 amide bonds. The number of anilines is 1. The van der Waals surface area contributed by atoms with E-state index in [-0.39, 0.29) is 18.0 Å². The Labute approximate surface area is 121 Å². The van der Waals surface area contributed by atoms with E-state index in [9.17, 15) is 8.78 Å². The fraction of sp³-hybridized carbons (Fsp3) is 0.429. The Morgan fingerprint density at radius 2 is 2.05 bits per heavy atom. The van der Waals surface area contributed by atoms with Crippen molar-refractivity contribution in [3.05, 3.63) is 41.2 Å². The Hall–Kier alpha value is -2.02. The molecule has 2 heterocycles. The van der Waals surface area contributed by atoms with Crippen LogP contribution in [0.1, 0.15) is 24.2 Å². The first-order valence-corrected chi connectivity index (χ1v) is 6.98. The quantitative estimate of drug-likeness (QED) is 0.902. The van der Waals surface area contributed by atoms with Crippen LogP contribution in [-0.4, -0.2) is 34.3 Å². The smallest absolute Gasteiger partial charge is 0.244 e. The molecule has 3 rings (SSSR count). The van der Waals surface area contributed by atoms with Gasteiger partial charge in [0.25, 0.3) is 0 Å². The van der Waals surface area contributed by atoms with Crippen molar-refractivity contribution in [3.63, 3.8) is 0 Å². The number of nitrogens with one attached hydrogen (secondary N) is 1. The summed E-state index contributed by atoms with van der Waals surface area (Å²) >= 11 is 0. The molecule has 7 heteroatoms. The Bertz CT molecular complexity index is 620. The summed E-state index contributed by atoms with van der Waals surface area (Å²) in [5.74, 6) is -0.574. The van der Waals surface area contributed by atoms with Gasteiger partial charge in [-0.05, 0) is 24.5 Å². The SMILES string of the molecule is NC1CCN(c2n[nH]c(Cc3cccc(F)c3F)n2)CC1. The van der Waals surface area contributed by atoms with Crippen molar-refractivity contribution in [1.29, 1.82) is 0 Å². The normalized spacial score (nSPS) is 16.4. The summed E-state index contributed by atoms with van der Waals surface area (Å²) < 4.78 is 26.8. The molecule has 5 nitrogen and oxygen atoms in total. The second-order valence-corrected chi connectivity index (χ2v) is 5.30. The molecule has 0 bridgehead atoms. The second-order valence-electron chi connectivity index (χ2n) is 5.30. The minimum absolute atomic E-state index is 0.184. The van der Waals surface area contributed by atoms with Gasteiger partial charge in [0.1, 0.15) is 5.82 Å². The van der Waals surface area contributed by atoms with Gasteiger partial charge in [-0.1, -0.05) is 12.1 Å². The molecule has 1 aliphatic rings. The van der Waals surface area contributed by atoms with Crippen LogP contribution in [0.5, 0.6) is 0 Å². The van der Waals surface area contributed by atoms with Crippen molar-refractivity contribution in [3.8, 4) is 0 Å². The predicted molar refractivity (Wildman–Crippen MR) is 75.0 cm³/mol. The Morgan fingerprint density at radius 1 is 1.29 bits per heavy atom. The van der Waals surface area contributed by atoms with Crippen molar-refractivity contribution < 1.29 is 8.78 Å². The highest BCUT2D eigenvalue weighted by Crippen LogP contribution is 2.18. The third kappa shape index (κ3) is 3.02. The molecular formula is C14H17F2N5. The minimum Gasteiger partial charge on any atom is -0.339 e. The first-order valence-electron chi connectivity index (χ1n) is 6.98. The molecule has 1 aliphatic heterocycles. The number of rotatable bonds is 3. The molecule has 112 valence electrons. The van der Waals surface area contributed by atoms with E-state index in [2.05, 4.69) is 15.2 Å². The number of nitrogens with zero attached hydrogens (tertiary/aromatic N) is 3. The van der Waals surface area contributed by atoms with Gasteiger partial charge in [0.15, 0.2) is 11.6 Å². The number of piperidine rings is 1. The van der Waals surface area contributed by atoms with E-state index in [0.717, 1.165) is 32.0 Å². The zero-order valence-corrected chi connectivity index (χ0v) is 11.5. The maximum absolute atomic E-state index is 13.6. The summed E-state index contributed by atoms with van der Waals surface area (Å²) in [6, 6.07) is 4.36. The number of nitrogens with two attached hydrogens (primary N) is 1. The highest BCUT2D eigenvalue weighted by molar-refractivity contribution is 5.31. The van der Waals surface area contributed by atoms with Gasteiger partial charge in [0.2, 0.25) is 5.95 Å². The van der Waals surface area contributed by atoms with Crippen molar-refractivity contribution in [2.75, 3.05) is 18.0 Å². The lowest BCUT2D eigenvalue weighted by molar-refractivity contribution is 0.496. The van der Waals surface area contributed by atoms with Gasteiger partial charge in [-0.25, -0.2) is 8.78 Å². The van der Waals surface area contributed by atoms with E-state index in [4.69, 9.17) is 5.73 Å². The molecule has 0 atom stereocenters. The number of benzene rings is 1. The number of hydrogen-bond donors (Lipinski definition) is 2. The standard InChI is InChI=1S/C14H17F2N5/c15-11-3-1-2-9(13(11)16)8-12-18-14(20-19-12)21-6-4-10(17)5-7-21/h1-3,10H,4-8,17H2,(H,18,19,20). The van der Waals surface area contributed by atoms with Crippen molar-refractivity contribution in [1.82, 2.24) is 15.2 Å². The summed E-state index contributed by atoms with van der Waals surface area (Å²) in [4.78, 5) is 6.40. The number of halogens is 2. The van der Waals surface area contributed by atoms with Gasteiger partial charge in [0.05, 0.1) is 0 Å². The van der Waals surface area contributed by atoms with Crippen LogP contribution in [-0.2, 0) is 6.42 Å². The van der Waals surface area contributed by atoms with E-state index < -0.39 is 11.6 Å². The molecule has 0 spiro atoms. The van der Waals surface area contributed by atoms with Crippen molar-refractivity contribution in [2.45, 2.75) is 25.3 Å². The lowest BCUT2D eigenvalue weighted by atomic mass is 10.1. The maximum atomic E-state index is 13.6. The Morgan fingerprint density at radius 3 is 2.81 bits per heavy atom. The molecule has 1 saturated heterocycles. The fourth-order valence-corrected chi connectivity index (χ4v) is 2.47. The fourth-order valence-electron chi connectivity index (χ4n) is 2.47. The maximum Gasteiger partial charge on any atom is 0.244 e. The third-order valence-electron chi connectivity index (χ3n) is 3.73. The largest absolute Gasteiger partial charge is 0.339 e. The molecule has 2 aromatic rings. The number of aromatic amines is 1. The third-order valence-corrected chi connectivity index (χ3v) is 3.73. The van der Waals surface area contributed by atoms with Gasteiger partial charge < -0.3 is 10.6 Å². The van der Waals surface area contributed by atoms with Crippen LogP contribution in [0.25, 0.3) is 0 Å².